The molecule has 2 aromatic carbocycles. The normalized spacial score (nSPS) is 13.0. The molecule has 0 saturated heterocycles. The van der Waals surface area contributed by atoms with Crippen LogP contribution in [0.4, 0.5) is 28.8 Å². The van der Waals surface area contributed by atoms with Crippen molar-refractivity contribution in [1.82, 2.24) is 24.5 Å². The third-order valence-corrected chi connectivity index (χ3v) is 8.93. The second kappa shape index (κ2) is 11.1. The highest BCUT2D eigenvalue weighted by molar-refractivity contribution is 9.10. The van der Waals surface area contributed by atoms with Gasteiger partial charge >= 0.3 is 0 Å². The van der Waals surface area contributed by atoms with E-state index in [1.54, 1.807) is 31.5 Å². The van der Waals surface area contributed by atoms with Crippen LogP contribution < -0.4 is 25.0 Å². The zero-order valence-corrected chi connectivity index (χ0v) is 25.3. The lowest BCUT2D eigenvalue weighted by atomic mass is 10.0. The molecule has 3 N–H and O–H groups in total. The summed E-state index contributed by atoms with van der Waals surface area (Å²) in [5.41, 5.74) is 5.43. The van der Waals surface area contributed by atoms with Gasteiger partial charge in [-0.25, -0.2) is 18.1 Å². The first-order valence-corrected chi connectivity index (χ1v) is 15.0. The van der Waals surface area contributed by atoms with Crippen LogP contribution in [0.3, 0.4) is 0 Å². The molecule has 0 atom stereocenters. The zero-order chi connectivity index (χ0) is 28.6. The average molecular weight is 628 g/mol. The number of hydrogen-bond donors (Lipinski definition) is 3. The van der Waals surface area contributed by atoms with E-state index >= 15 is 0 Å². The molecule has 0 bridgehead atoms. The van der Waals surface area contributed by atoms with E-state index in [0.717, 1.165) is 29.8 Å². The molecule has 0 aliphatic carbocycles. The molecular formula is C27H31BrN8O3S. The Labute approximate surface area is 242 Å². The Morgan fingerprint density at radius 3 is 2.58 bits per heavy atom. The summed E-state index contributed by atoms with van der Waals surface area (Å²) in [4.78, 5) is 11.5. The summed E-state index contributed by atoms with van der Waals surface area (Å²) in [7, 11) is 1.28. The monoisotopic (exact) mass is 626 g/mol. The fourth-order valence-corrected chi connectivity index (χ4v) is 6.01. The number of methoxy groups -OCH3 is 1. The number of aromatic nitrogens is 4. The number of aryl methyl sites for hydroxylation is 1. The molecule has 0 amide bonds. The molecule has 2 aromatic heterocycles. The highest BCUT2D eigenvalue weighted by Gasteiger charge is 2.26. The summed E-state index contributed by atoms with van der Waals surface area (Å²) in [5, 5.41) is 10.9. The molecule has 13 heteroatoms. The predicted molar refractivity (Wildman–Crippen MR) is 160 cm³/mol. The number of anilines is 5. The van der Waals surface area contributed by atoms with E-state index < -0.39 is 10.0 Å². The van der Waals surface area contributed by atoms with E-state index in [1.165, 1.54) is 18.8 Å². The molecule has 0 unspecified atom stereocenters. The lowest BCUT2D eigenvalue weighted by Crippen LogP contribution is -2.32. The molecule has 1 aliphatic heterocycles. The van der Waals surface area contributed by atoms with E-state index in [0.29, 0.717) is 39.4 Å². The Bertz CT molecular complexity index is 1670. The van der Waals surface area contributed by atoms with Gasteiger partial charge in [-0.3, -0.25) is 4.68 Å². The van der Waals surface area contributed by atoms with Gasteiger partial charge in [0.05, 0.1) is 29.2 Å². The van der Waals surface area contributed by atoms with Crippen LogP contribution in [-0.4, -0.2) is 54.9 Å². The number of rotatable bonds is 8. The van der Waals surface area contributed by atoms with E-state index in [2.05, 4.69) is 65.1 Å². The van der Waals surface area contributed by atoms with Gasteiger partial charge in [0, 0.05) is 60.8 Å². The third kappa shape index (κ3) is 5.23. The van der Waals surface area contributed by atoms with Gasteiger partial charge in [0.15, 0.2) is 0 Å². The summed E-state index contributed by atoms with van der Waals surface area (Å²) in [5.74, 6) is 1.34. The van der Waals surface area contributed by atoms with Gasteiger partial charge in [-0.1, -0.05) is 12.1 Å². The van der Waals surface area contributed by atoms with Gasteiger partial charge < -0.3 is 20.3 Å². The Morgan fingerprint density at radius 2 is 1.85 bits per heavy atom. The number of nitrogens with one attached hydrogen (secondary N) is 3. The molecule has 11 nitrogen and oxygen atoms in total. The van der Waals surface area contributed by atoms with Crippen LogP contribution in [0.5, 0.6) is 5.75 Å². The van der Waals surface area contributed by atoms with Crippen LogP contribution in [-0.2, 0) is 23.5 Å². The SMILES string of the molecule is CNS(=O)(=O)c1ccccc1Nc1nc(Nc2cc3c(cc2OC)N(C(C)C)CCc2c-3cnn2C)ncc1Br. The first-order valence-electron chi connectivity index (χ1n) is 12.7. The fraction of sp³-hybridized carbons (Fsp3) is 0.296. The maximum atomic E-state index is 12.5. The van der Waals surface area contributed by atoms with Crippen LogP contribution in [0.15, 0.2) is 58.2 Å². The Hall–Kier alpha value is -3.68. The molecule has 4 aromatic rings. The summed E-state index contributed by atoms with van der Waals surface area (Å²) in [6, 6.07) is 11.0. The molecule has 5 rings (SSSR count). The number of para-hydroxylation sites is 1. The molecule has 3 heterocycles. The van der Waals surface area contributed by atoms with Crippen molar-refractivity contribution >= 4 is 54.8 Å². The molecule has 210 valence electrons. The highest BCUT2D eigenvalue weighted by atomic mass is 79.9. The van der Waals surface area contributed by atoms with Crippen molar-refractivity contribution in [3.05, 3.63) is 59.0 Å². The van der Waals surface area contributed by atoms with E-state index in [4.69, 9.17) is 4.74 Å². The summed E-state index contributed by atoms with van der Waals surface area (Å²) >= 11 is 3.47. The van der Waals surface area contributed by atoms with Crippen LogP contribution in [0.25, 0.3) is 11.1 Å². The zero-order valence-electron chi connectivity index (χ0n) is 22.9. The number of sulfonamides is 1. The Balaban J connectivity index is 1.55. The van der Waals surface area contributed by atoms with Gasteiger partial charge in [-0.05, 0) is 55.0 Å². The minimum Gasteiger partial charge on any atom is -0.494 e. The first kappa shape index (κ1) is 27.9. The summed E-state index contributed by atoms with van der Waals surface area (Å²) in [6.07, 6.45) is 4.38. The van der Waals surface area contributed by atoms with Crippen molar-refractivity contribution in [3.63, 3.8) is 0 Å². The number of nitrogens with zero attached hydrogens (tertiary/aromatic N) is 5. The number of benzene rings is 2. The first-order chi connectivity index (χ1) is 19.1. The van der Waals surface area contributed by atoms with Crippen molar-refractivity contribution in [2.24, 2.45) is 7.05 Å². The molecule has 0 fully saturated rings. The number of hydrogen-bond acceptors (Lipinski definition) is 9. The van der Waals surface area contributed by atoms with Gasteiger partial charge in [0.2, 0.25) is 16.0 Å². The van der Waals surface area contributed by atoms with Crippen molar-refractivity contribution in [2.75, 3.05) is 36.2 Å². The molecule has 40 heavy (non-hydrogen) atoms. The maximum Gasteiger partial charge on any atom is 0.242 e. The highest BCUT2D eigenvalue weighted by Crippen LogP contribution is 2.43. The minimum atomic E-state index is -3.69. The third-order valence-electron chi connectivity index (χ3n) is 6.88. The van der Waals surface area contributed by atoms with Gasteiger partial charge in [0.25, 0.3) is 0 Å². The maximum absolute atomic E-state index is 12.5. The summed E-state index contributed by atoms with van der Waals surface area (Å²) in [6.45, 7) is 5.23. The molecule has 0 spiro atoms. The number of halogens is 1. The van der Waals surface area contributed by atoms with E-state index in [-0.39, 0.29) is 4.90 Å². The van der Waals surface area contributed by atoms with Crippen molar-refractivity contribution < 1.29 is 13.2 Å². The van der Waals surface area contributed by atoms with Gasteiger partial charge in [-0.2, -0.15) is 10.1 Å². The topological polar surface area (TPSA) is 126 Å². The average Bonchev–Trinajstić information content (AvgIpc) is 3.22. The predicted octanol–water partition coefficient (Wildman–Crippen LogP) is 4.81. The largest absolute Gasteiger partial charge is 0.494 e. The molecule has 0 saturated carbocycles. The number of ether oxygens (including phenoxy) is 1. The van der Waals surface area contributed by atoms with Gasteiger partial charge in [-0.15, -0.1) is 0 Å². The lowest BCUT2D eigenvalue weighted by molar-refractivity contribution is 0.416. The molecular weight excluding hydrogens is 596 g/mol. The minimum absolute atomic E-state index is 0.104. The van der Waals surface area contributed by atoms with Gasteiger partial charge in [0.1, 0.15) is 16.5 Å². The van der Waals surface area contributed by atoms with Crippen LogP contribution in [0.1, 0.15) is 19.5 Å². The molecule has 0 radical (unpaired) electrons. The lowest BCUT2D eigenvalue weighted by Gasteiger charge is -2.30. The quantitative estimate of drug-likeness (QED) is 0.252. The Kier molecular flexibility index (Phi) is 7.71. The fourth-order valence-electron chi connectivity index (χ4n) is 4.83. The second-order valence-electron chi connectivity index (χ2n) is 9.58. The van der Waals surface area contributed by atoms with Crippen LogP contribution >= 0.6 is 15.9 Å². The van der Waals surface area contributed by atoms with Crippen molar-refractivity contribution in [1.29, 1.82) is 0 Å². The smallest absolute Gasteiger partial charge is 0.242 e. The standard InChI is InChI=1S/C27H31BrN8O3S/c1-16(2)36-11-10-22-18(14-31-35(22)4)17-12-21(24(39-5)13-23(17)36)33-27-30-15-19(28)26(34-27)32-20-8-6-7-9-25(20)40(37,38)29-3/h6-9,12-16,29H,10-11H2,1-5H3,(H2,30,32,33,34). The number of fused-ring (bicyclic) bond motifs is 3. The second-order valence-corrected chi connectivity index (χ2v) is 12.3. The molecule has 1 aliphatic rings. The van der Waals surface area contributed by atoms with Crippen LogP contribution in [0, 0.1) is 0 Å². The van der Waals surface area contributed by atoms with Crippen molar-refractivity contribution in [3.8, 4) is 16.9 Å². The van der Waals surface area contributed by atoms with Crippen molar-refractivity contribution in [2.45, 2.75) is 31.2 Å². The van der Waals surface area contributed by atoms with E-state index in [9.17, 15) is 8.42 Å². The van der Waals surface area contributed by atoms with Crippen LogP contribution in [0.2, 0.25) is 0 Å². The van der Waals surface area contributed by atoms with E-state index in [1.807, 2.05) is 30.1 Å². The summed E-state index contributed by atoms with van der Waals surface area (Å²) < 4.78 is 35.7. The Morgan fingerprint density at radius 1 is 1.07 bits per heavy atom.